The van der Waals surface area contributed by atoms with Gasteiger partial charge in [0.1, 0.15) is 105 Å². The van der Waals surface area contributed by atoms with Gasteiger partial charge in [0.05, 0.1) is 0 Å². The number of aromatic nitrogens is 3. The monoisotopic (exact) mass is 695 g/mol. The van der Waals surface area contributed by atoms with Crippen LogP contribution < -0.4 is 65.6 Å². The van der Waals surface area contributed by atoms with Gasteiger partial charge in [-0.25, -0.2) is 15.0 Å². The standard InChI is InChI=1S/C41H13B12N3O/c42-27-23(24-25(29(44)33(27)48)30(45)35(50)34(49)28(24)43)16-9-3-8-15-14(16)7-4-10-17(15)39-54-40(19-11-5-13-21-22(19)18-6-1-2-12-20(18)57-21)56-41(55-39)26-31(46)36(51)38(53)37(52)32(26)47/h1-13H. The molecule has 2 aromatic heterocycles. The molecule has 0 fully saturated rings. The number of furan rings is 1. The van der Waals surface area contributed by atoms with Crippen molar-refractivity contribution in [1.82, 2.24) is 15.0 Å². The van der Waals surface area contributed by atoms with Gasteiger partial charge in [-0.2, -0.15) is 0 Å². The van der Waals surface area contributed by atoms with Crippen molar-refractivity contribution < 1.29 is 4.42 Å². The lowest BCUT2D eigenvalue weighted by Gasteiger charge is -2.26. The van der Waals surface area contributed by atoms with Gasteiger partial charge < -0.3 is 4.42 Å². The Kier molecular flexibility index (Phi) is 8.92. The summed E-state index contributed by atoms with van der Waals surface area (Å²) in [6, 6.07) is 24.7. The first-order valence-electron chi connectivity index (χ1n) is 17.5. The molecule has 0 bridgehead atoms. The van der Waals surface area contributed by atoms with Gasteiger partial charge in [0.15, 0.2) is 17.5 Å². The summed E-state index contributed by atoms with van der Waals surface area (Å²) >= 11 is 0. The third kappa shape index (κ3) is 5.50. The Bertz CT molecular complexity index is 3200. The van der Waals surface area contributed by atoms with Crippen LogP contribution in [0.25, 0.3) is 88.8 Å². The molecule has 0 atom stereocenters. The molecule has 7 aromatic carbocycles. The number of nitrogens with zero attached hydrogens (tertiary/aromatic N) is 3. The Hall–Kier alpha value is -5.35. The molecule has 0 amide bonds. The average molecular weight is 693 g/mol. The fourth-order valence-corrected chi connectivity index (χ4v) is 7.70. The molecule has 9 rings (SSSR count). The summed E-state index contributed by atoms with van der Waals surface area (Å²) in [4.78, 5) is 15.0. The highest BCUT2D eigenvalue weighted by atomic mass is 16.3. The Balaban J connectivity index is 1.37. The van der Waals surface area contributed by atoms with E-state index < -0.39 is 0 Å². The summed E-state index contributed by atoms with van der Waals surface area (Å²) in [6.45, 7) is 0. The fourth-order valence-electron chi connectivity index (χ4n) is 7.70. The first-order valence-corrected chi connectivity index (χ1v) is 17.5. The smallest absolute Gasteiger partial charge is 0.164 e. The summed E-state index contributed by atoms with van der Waals surface area (Å²) in [5.74, 6) is 0.677. The van der Waals surface area contributed by atoms with Gasteiger partial charge in [0.25, 0.3) is 0 Å². The molecule has 234 valence electrons. The number of rotatable bonds is 4. The van der Waals surface area contributed by atoms with E-state index in [2.05, 4.69) is 0 Å². The van der Waals surface area contributed by atoms with Crippen molar-refractivity contribution in [2.45, 2.75) is 0 Å². The summed E-state index contributed by atoms with van der Waals surface area (Å²) in [6.07, 6.45) is 0. The minimum absolute atomic E-state index is 0.0489. The average Bonchev–Trinajstić information content (AvgIpc) is 3.61. The molecule has 9 aromatic rings. The van der Waals surface area contributed by atoms with Gasteiger partial charge in [-0.1, -0.05) is 99.5 Å². The first kappa shape index (κ1) is 37.2. The van der Waals surface area contributed by atoms with Crippen LogP contribution in [-0.2, 0) is 0 Å². The lowest BCUT2D eigenvalue weighted by molar-refractivity contribution is 0.669. The molecule has 2 heterocycles. The summed E-state index contributed by atoms with van der Waals surface area (Å²) in [7, 11) is 77.6. The second-order valence-electron chi connectivity index (χ2n) is 13.8. The zero-order chi connectivity index (χ0) is 40.2. The van der Waals surface area contributed by atoms with Crippen LogP contribution in [0.4, 0.5) is 0 Å². The molecule has 16 heteroatoms. The van der Waals surface area contributed by atoms with Gasteiger partial charge in [-0.15, -0.1) is 32.8 Å². The Morgan fingerprint density at radius 1 is 0.298 bits per heavy atom. The van der Waals surface area contributed by atoms with Gasteiger partial charge in [-0.3, -0.25) is 0 Å². The van der Waals surface area contributed by atoms with Crippen LogP contribution in [0, 0.1) is 0 Å². The van der Waals surface area contributed by atoms with Gasteiger partial charge in [-0.05, 0) is 44.8 Å². The van der Waals surface area contributed by atoms with Crippen molar-refractivity contribution in [2.75, 3.05) is 0 Å². The van der Waals surface area contributed by atoms with Crippen LogP contribution in [0.3, 0.4) is 0 Å². The molecule has 0 saturated carbocycles. The molecular formula is C41H13B12N3O. The minimum atomic E-state index is 0.0489. The van der Waals surface area contributed by atoms with E-state index >= 15 is 0 Å². The molecular weight excluding hydrogens is 680 g/mol. The third-order valence-electron chi connectivity index (χ3n) is 10.7. The lowest BCUT2D eigenvalue weighted by Crippen LogP contribution is -2.55. The highest BCUT2D eigenvalue weighted by molar-refractivity contribution is 6.72. The number of hydrogen-bond donors (Lipinski definition) is 0. The van der Waals surface area contributed by atoms with Gasteiger partial charge >= 0.3 is 0 Å². The van der Waals surface area contributed by atoms with E-state index in [-0.39, 0.29) is 82.8 Å². The maximum Gasteiger partial charge on any atom is 0.164 e. The topological polar surface area (TPSA) is 51.8 Å². The molecule has 57 heavy (non-hydrogen) atoms. The van der Waals surface area contributed by atoms with E-state index in [0.29, 0.717) is 50.0 Å². The van der Waals surface area contributed by atoms with Crippen LogP contribution in [0.5, 0.6) is 0 Å². The van der Waals surface area contributed by atoms with Crippen molar-refractivity contribution in [3.05, 3.63) is 78.9 Å². The summed E-state index contributed by atoms with van der Waals surface area (Å²) < 4.78 is 6.21. The largest absolute Gasteiger partial charge is 0.456 e. The molecule has 4 nitrogen and oxygen atoms in total. The minimum Gasteiger partial charge on any atom is -0.456 e. The van der Waals surface area contributed by atoms with E-state index in [0.717, 1.165) is 21.5 Å². The van der Waals surface area contributed by atoms with Crippen molar-refractivity contribution >= 4 is 203 Å². The van der Waals surface area contributed by atoms with E-state index in [1.807, 2.05) is 78.9 Å². The van der Waals surface area contributed by atoms with E-state index in [1.165, 1.54) is 0 Å². The Labute approximate surface area is 345 Å². The van der Waals surface area contributed by atoms with Gasteiger partial charge in [0.2, 0.25) is 0 Å². The second kappa shape index (κ2) is 13.6. The van der Waals surface area contributed by atoms with Crippen molar-refractivity contribution in [3.63, 3.8) is 0 Å². The van der Waals surface area contributed by atoms with Crippen molar-refractivity contribution in [1.29, 1.82) is 0 Å². The van der Waals surface area contributed by atoms with Crippen LogP contribution in [0.1, 0.15) is 0 Å². The van der Waals surface area contributed by atoms with Crippen LogP contribution in [-0.4, -0.2) is 109 Å². The van der Waals surface area contributed by atoms with E-state index in [1.54, 1.807) is 0 Å². The van der Waals surface area contributed by atoms with Gasteiger partial charge in [0, 0.05) is 27.5 Å². The predicted octanol–water partition coefficient (Wildman–Crippen LogP) is -3.73. The first-order chi connectivity index (χ1) is 27.3. The molecule has 0 aliphatic rings. The molecule has 0 spiro atoms. The van der Waals surface area contributed by atoms with Crippen LogP contribution in [0.2, 0.25) is 0 Å². The molecule has 24 radical (unpaired) electrons. The number of para-hydroxylation sites is 1. The Morgan fingerprint density at radius 3 is 1.39 bits per heavy atom. The van der Waals surface area contributed by atoms with Crippen LogP contribution >= 0.6 is 0 Å². The second-order valence-corrected chi connectivity index (χ2v) is 13.8. The summed E-state index contributed by atoms with van der Waals surface area (Å²) in [5.41, 5.74) is 5.14. The van der Waals surface area contributed by atoms with Crippen molar-refractivity contribution in [2.24, 2.45) is 0 Å². The highest BCUT2D eigenvalue weighted by Crippen LogP contribution is 2.38. The quantitative estimate of drug-likeness (QED) is 0.178. The summed E-state index contributed by atoms with van der Waals surface area (Å²) in [5, 5.41) is 3.88. The normalized spacial score (nSPS) is 11.6. The predicted molar refractivity (Wildman–Crippen MR) is 249 cm³/mol. The molecule has 0 aliphatic heterocycles. The maximum absolute atomic E-state index is 6.77. The molecule has 0 aliphatic carbocycles. The van der Waals surface area contributed by atoms with E-state index in [4.69, 9.17) is 114 Å². The molecule has 0 unspecified atom stereocenters. The maximum atomic E-state index is 6.77. The SMILES string of the molecule is [B]c1c([B])c([B])c(-c2nc(-c3cccc4c(-c5c([B])c([B])c([B])c6c([B])c([B])c([B])c([B])c56)cccc34)nc(-c3cccc4oc5ccccc5c34)n2)c([B])c1[B]. The molecule has 0 saturated heterocycles. The highest BCUT2D eigenvalue weighted by Gasteiger charge is 2.23. The van der Waals surface area contributed by atoms with Crippen LogP contribution in [0.15, 0.2) is 83.3 Å². The fraction of sp³-hybridized carbons (Fsp3) is 0. The third-order valence-corrected chi connectivity index (χ3v) is 10.7. The zero-order valence-corrected chi connectivity index (χ0v) is 30.2. The number of benzene rings is 7. The number of hydrogen-bond acceptors (Lipinski definition) is 4. The lowest BCUT2D eigenvalue weighted by atomic mass is 9.58. The Morgan fingerprint density at radius 2 is 0.719 bits per heavy atom. The van der Waals surface area contributed by atoms with Crippen molar-refractivity contribution in [3.8, 4) is 45.3 Å². The van der Waals surface area contributed by atoms with E-state index in [9.17, 15) is 0 Å². The zero-order valence-electron chi connectivity index (χ0n) is 30.2. The molecule has 0 N–H and O–H groups in total. The number of fused-ring (bicyclic) bond motifs is 5.